The third kappa shape index (κ3) is 4.00. The SMILES string of the molecule is CC[C@H](C)c1nc2ccc(Br)cc2c(=O)n1N=Cc1cc(C)n(-c2ccccc2)c1C. The molecule has 0 unspecified atom stereocenters. The van der Waals surface area contributed by atoms with Crippen LogP contribution in [0.15, 0.2) is 69.0 Å². The zero-order valence-corrected chi connectivity index (χ0v) is 19.7. The van der Waals surface area contributed by atoms with Crippen molar-refractivity contribution in [1.29, 1.82) is 0 Å². The van der Waals surface area contributed by atoms with E-state index in [1.54, 1.807) is 12.3 Å². The standard InChI is InChI=1S/C25H25BrN4O/c1-5-16(2)24-28-23-12-11-20(26)14-22(23)25(31)30(24)27-15-19-13-17(3)29(18(19)4)21-9-7-6-8-10-21/h6-16H,5H2,1-4H3/t16-/m0/s1. The number of halogens is 1. The minimum atomic E-state index is -0.158. The molecule has 0 spiro atoms. The Morgan fingerprint density at radius 3 is 2.58 bits per heavy atom. The maximum absolute atomic E-state index is 13.3. The minimum absolute atomic E-state index is 0.106. The van der Waals surface area contributed by atoms with Crippen LogP contribution in [0.25, 0.3) is 16.6 Å². The number of fused-ring (bicyclic) bond motifs is 1. The van der Waals surface area contributed by atoms with E-state index in [1.165, 1.54) is 4.68 Å². The van der Waals surface area contributed by atoms with Gasteiger partial charge in [-0.3, -0.25) is 4.79 Å². The van der Waals surface area contributed by atoms with Crippen molar-refractivity contribution >= 4 is 33.0 Å². The maximum Gasteiger partial charge on any atom is 0.282 e. The highest BCUT2D eigenvalue weighted by Gasteiger charge is 2.16. The lowest BCUT2D eigenvalue weighted by molar-refractivity contribution is 0.613. The van der Waals surface area contributed by atoms with Crippen molar-refractivity contribution in [2.75, 3.05) is 0 Å². The summed E-state index contributed by atoms with van der Waals surface area (Å²) in [5.41, 5.74) is 4.79. The van der Waals surface area contributed by atoms with Gasteiger partial charge in [-0.1, -0.05) is 48.0 Å². The van der Waals surface area contributed by atoms with Crippen molar-refractivity contribution in [3.63, 3.8) is 0 Å². The Bertz CT molecular complexity index is 1340. The van der Waals surface area contributed by atoms with Gasteiger partial charge in [-0.15, -0.1) is 0 Å². The van der Waals surface area contributed by atoms with Gasteiger partial charge in [0.2, 0.25) is 0 Å². The Morgan fingerprint density at radius 1 is 1.13 bits per heavy atom. The van der Waals surface area contributed by atoms with Gasteiger partial charge in [0.1, 0.15) is 5.82 Å². The van der Waals surface area contributed by atoms with E-state index in [-0.39, 0.29) is 11.5 Å². The van der Waals surface area contributed by atoms with Crippen LogP contribution in [0, 0.1) is 13.8 Å². The topological polar surface area (TPSA) is 52.2 Å². The zero-order chi connectivity index (χ0) is 22.1. The highest BCUT2D eigenvalue weighted by atomic mass is 79.9. The largest absolute Gasteiger partial charge is 0.318 e. The number of benzene rings is 2. The molecule has 0 aliphatic rings. The number of rotatable bonds is 5. The molecule has 0 N–H and O–H groups in total. The van der Waals surface area contributed by atoms with Gasteiger partial charge in [0, 0.05) is 33.0 Å². The summed E-state index contributed by atoms with van der Waals surface area (Å²) in [6.07, 6.45) is 2.63. The van der Waals surface area contributed by atoms with Crippen LogP contribution in [-0.2, 0) is 0 Å². The van der Waals surface area contributed by atoms with Crippen LogP contribution in [0.1, 0.15) is 49.0 Å². The minimum Gasteiger partial charge on any atom is -0.318 e. The lowest BCUT2D eigenvalue weighted by Gasteiger charge is -2.14. The summed E-state index contributed by atoms with van der Waals surface area (Å²) < 4.78 is 4.49. The molecule has 0 bridgehead atoms. The van der Waals surface area contributed by atoms with E-state index in [1.807, 2.05) is 30.3 Å². The first kappa shape index (κ1) is 21.2. The second kappa shape index (κ2) is 8.63. The van der Waals surface area contributed by atoms with Gasteiger partial charge in [0.15, 0.2) is 0 Å². The Labute approximate surface area is 190 Å². The van der Waals surface area contributed by atoms with Gasteiger partial charge in [0.05, 0.1) is 17.1 Å². The summed E-state index contributed by atoms with van der Waals surface area (Å²) in [7, 11) is 0. The van der Waals surface area contributed by atoms with E-state index in [2.05, 4.69) is 71.5 Å². The third-order valence-electron chi connectivity index (χ3n) is 5.68. The Balaban J connectivity index is 1.85. The first-order valence-corrected chi connectivity index (χ1v) is 11.2. The summed E-state index contributed by atoms with van der Waals surface area (Å²) in [6, 6.07) is 17.9. The van der Waals surface area contributed by atoms with Crippen LogP contribution in [0.2, 0.25) is 0 Å². The van der Waals surface area contributed by atoms with Crippen LogP contribution in [0.5, 0.6) is 0 Å². The van der Waals surface area contributed by atoms with E-state index in [0.29, 0.717) is 16.7 Å². The molecule has 0 saturated heterocycles. The quantitative estimate of drug-likeness (QED) is 0.333. The van der Waals surface area contributed by atoms with Crippen molar-refractivity contribution in [2.24, 2.45) is 5.10 Å². The zero-order valence-electron chi connectivity index (χ0n) is 18.1. The van der Waals surface area contributed by atoms with Crippen LogP contribution in [-0.4, -0.2) is 20.4 Å². The average molecular weight is 477 g/mol. The van der Waals surface area contributed by atoms with Crippen LogP contribution in [0.4, 0.5) is 0 Å². The Morgan fingerprint density at radius 2 is 1.87 bits per heavy atom. The van der Waals surface area contributed by atoms with Crippen molar-refractivity contribution in [1.82, 2.24) is 14.2 Å². The molecule has 2 aromatic heterocycles. The molecule has 31 heavy (non-hydrogen) atoms. The summed E-state index contributed by atoms with van der Waals surface area (Å²) in [4.78, 5) is 18.1. The van der Waals surface area contributed by atoms with Crippen LogP contribution < -0.4 is 5.56 Å². The van der Waals surface area contributed by atoms with Gasteiger partial charge < -0.3 is 4.57 Å². The van der Waals surface area contributed by atoms with Gasteiger partial charge in [0.25, 0.3) is 5.56 Å². The number of hydrogen-bond acceptors (Lipinski definition) is 3. The molecular weight excluding hydrogens is 452 g/mol. The second-order valence-corrected chi connectivity index (χ2v) is 8.72. The van der Waals surface area contributed by atoms with Crippen molar-refractivity contribution < 1.29 is 0 Å². The first-order chi connectivity index (χ1) is 14.9. The monoisotopic (exact) mass is 476 g/mol. The second-order valence-electron chi connectivity index (χ2n) is 7.80. The van der Waals surface area contributed by atoms with Crippen molar-refractivity contribution in [2.45, 2.75) is 40.0 Å². The molecule has 2 aromatic carbocycles. The number of aromatic nitrogens is 3. The molecule has 0 aliphatic heterocycles. The number of nitrogens with zero attached hydrogens (tertiary/aromatic N) is 4. The summed E-state index contributed by atoms with van der Waals surface area (Å²) in [5.74, 6) is 0.782. The molecule has 4 aromatic rings. The molecule has 4 rings (SSSR count). The molecule has 0 fully saturated rings. The van der Waals surface area contributed by atoms with E-state index in [0.717, 1.165) is 33.5 Å². The van der Waals surface area contributed by atoms with E-state index >= 15 is 0 Å². The average Bonchev–Trinajstić information content (AvgIpc) is 3.06. The number of para-hydroxylation sites is 1. The van der Waals surface area contributed by atoms with Crippen molar-refractivity contribution in [3.05, 3.63) is 92.2 Å². The van der Waals surface area contributed by atoms with Crippen LogP contribution in [0.3, 0.4) is 0 Å². The lowest BCUT2D eigenvalue weighted by Crippen LogP contribution is -2.23. The van der Waals surface area contributed by atoms with Crippen LogP contribution >= 0.6 is 15.9 Å². The van der Waals surface area contributed by atoms with Gasteiger partial charge in [-0.2, -0.15) is 9.78 Å². The first-order valence-electron chi connectivity index (χ1n) is 10.4. The predicted molar refractivity (Wildman–Crippen MR) is 131 cm³/mol. The Kier molecular flexibility index (Phi) is 5.92. The molecule has 158 valence electrons. The van der Waals surface area contributed by atoms with Gasteiger partial charge >= 0.3 is 0 Å². The Hall–Kier alpha value is -2.99. The van der Waals surface area contributed by atoms with Gasteiger partial charge in [-0.05, 0) is 56.7 Å². The molecule has 0 aliphatic carbocycles. The van der Waals surface area contributed by atoms with E-state index in [4.69, 9.17) is 4.98 Å². The molecule has 0 saturated carbocycles. The third-order valence-corrected chi connectivity index (χ3v) is 6.18. The van der Waals surface area contributed by atoms with E-state index < -0.39 is 0 Å². The molecule has 5 nitrogen and oxygen atoms in total. The molecule has 1 atom stereocenters. The fraction of sp³-hybridized carbons (Fsp3) is 0.240. The summed E-state index contributed by atoms with van der Waals surface area (Å²) in [6.45, 7) is 8.29. The normalized spacial score (nSPS) is 12.7. The number of aryl methyl sites for hydroxylation is 1. The molecule has 6 heteroatoms. The fourth-order valence-corrected chi connectivity index (χ4v) is 4.15. The highest BCUT2D eigenvalue weighted by Crippen LogP contribution is 2.22. The molecule has 0 amide bonds. The molecule has 2 heterocycles. The highest BCUT2D eigenvalue weighted by molar-refractivity contribution is 9.10. The lowest BCUT2D eigenvalue weighted by atomic mass is 10.1. The fourth-order valence-electron chi connectivity index (χ4n) is 3.79. The van der Waals surface area contributed by atoms with Crippen molar-refractivity contribution in [3.8, 4) is 5.69 Å². The molecular formula is C25H25BrN4O. The van der Waals surface area contributed by atoms with Gasteiger partial charge in [-0.25, -0.2) is 4.98 Å². The van der Waals surface area contributed by atoms with E-state index in [9.17, 15) is 4.79 Å². The predicted octanol–water partition coefficient (Wildman–Crippen LogP) is 5.96. The summed E-state index contributed by atoms with van der Waals surface area (Å²) in [5, 5.41) is 5.17. The molecule has 0 radical (unpaired) electrons. The number of hydrogen-bond donors (Lipinski definition) is 0. The maximum atomic E-state index is 13.3. The summed E-state index contributed by atoms with van der Waals surface area (Å²) >= 11 is 3.45. The smallest absolute Gasteiger partial charge is 0.282 e.